The lowest BCUT2D eigenvalue weighted by Gasteiger charge is -2.08. The molecule has 0 aliphatic heterocycles. The molecule has 3 rings (SSSR count). The van der Waals surface area contributed by atoms with E-state index in [4.69, 9.17) is 0 Å². The standard InChI is InChI=1S/C21H22FN3O2/c1-2-9-25-10-8-16-13-18(6-7-19(16)25)24-21(27)14-23-20(26)12-15-4-3-5-17(22)11-15/h3-8,10-11,13H,2,9,12,14H2,1H3,(H,23,26)(H,24,27). The van der Waals surface area contributed by atoms with Gasteiger partial charge in [-0.05, 0) is 48.4 Å². The summed E-state index contributed by atoms with van der Waals surface area (Å²) in [5, 5.41) is 6.38. The molecule has 27 heavy (non-hydrogen) atoms. The fraction of sp³-hybridized carbons (Fsp3) is 0.238. The van der Waals surface area contributed by atoms with E-state index in [2.05, 4.69) is 22.1 Å². The molecule has 0 saturated carbocycles. The molecule has 0 aliphatic carbocycles. The van der Waals surface area contributed by atoms with Gasteiger partial charge >= 0.3 is 0 Å². The fourth-order valence-corrected chi connectivity index (χ4v) is 2.99. The Morgan fingerprint density at radius 2 is 1.93 bits per heavy atom. The number of hydrogen-bond donors (Lipinski definition) is 2. The molecule has 140 valence electrons. The van der Waals surface area contributed by atoms with E-state index in [9.17, 15) is 14.0 Å². The number of anilines is 1. The van der Waals surface area contributed by atoms with Crippen molar-refractivity contribution in [2.45, 2.75) is 26.3 Å². The Hall–Kier alpha value is -3.15. The number of halogens is 1. The summed E-state index contributed by atoms with van der Waals surface area (Å²) in [6, 6.07) is 13.6. The van der Waals surface area contributed by atoms with Crippen LogP contribution in [0.5, 0.6) is 0 Å². The molecule has 3 aromatic rings. The SMILES string of the molecule is CCCn1ccc2cc(NC(=O)CNC(=O)Cc3cccc(F)c3)ccc21. The lowest BCUT2D eigenvalue weighted by molar-refractivity contribution is -0.123. The molecule has 0 radical (unpaired) electrons. The van der Waals surface area contributed by atoms with Gasteiger partial charge in [0.15, 0.2) is 0 Å². The molecule has 2 N–H and O–H groups in total. The van der Waals surface area contributed by atoms with Gasteiger partial charge in [0.1, 0.15) is 5.82 Å². The molecule has 0 fully saturated rings. The first-order valence-corrected chi connectivity index (χ1v) is 8.95. The Bertz CT molecular complexity index is 965. The molecular weight excluding hydrogens is 345 g/mol. The van der Waals surface area contributed by atoms with Gasteiger partial charge in [0, 0.05) is 29.3 Å². The van der Waals surface area contributed by atoms with E-state index in [0.717, 1.165) is 23.9 Å². The fourth-order valence-electron chi connectivity index (χ4n) is 2.99. The zero-order valence-electron chi connectivity index (χ0n) is 15.2. The third-order valence-corrected chi connectivity index (χ3v) is 4.22. The molecule has 1 aromatic heterocycles. The predicted octanol–water partition coefficient (Wildman–Crippen LogP) is 3.49. The van der Waals surface area contributed by atoms with Crippen molar-refractivity contribution in [1.82, 2.24) is 9.88 Å². The van der Waals surface area contributed by atoms with Crippen LogP contribution in [0.1, 0.15) is 18.9 Å². The van der Waals surface area contributed by atoms with Crippen LogP contribution in [0.4, 0.5) is 10.1 Å². The molecule has 0 atom stereocenters. The van der Waals surface area contributed by atoms with Crippen LogP contribution in [0.2, 0.25) is 0 Å². The number of hydrogen-bond acceptors (Lipinski definition) is 2. The van der Waals surface area contributed by atoms with Crippen LogP contribution in [0.3, 0.4) is 0 Å². The molecular formula is C21H22FN3O2. The van der Waals surface area contributed by atoms with Crippen molar-refractivity contribution in [3.05, 3.63) is 66.1 Å². The molecule has 1 heterocycles. The van der Waals surface area contributed by atoms with E-state index < -0.39 is 0 Å². The number of rotatable bonds is 7. The highest BCUT2D eigenvalue weighted by molar-refractivity contribution is 5.96. The summed E-state index contributed by atoms with van der Waals surface area (Å²) in [5.41, 5.74) is 2.37. The number of carbonyl (C=O) groups is 2. The normalized spacial score (nSPS) is 10.7. The molecule has 5 nitrogen and oxygen atoms in total. The quantitative estimate of drug-likeness (QED) is 0.671. The van der Waals surface area contributed by atoms with E-state index in [1.807, 2.05) is 30.5 Å². The number of benzene rings is 2. The summed E-state index contributed by atoms with van der Waals surface area (Å²) in [4.78, 5) is 24.0. The number of fused-ring (bicyclic) bond motifs is 1. The summed E-state index contributed by atoms with van der Waals surface area (Å²) in [7, 11) is 0. The van der Waals surface area contributed by atoms with Crippen LogP contribution in [0.25, 0.3) is 10.9 Å². The Labute approximate surface area is 157 Å². The van der Waals surface area contributed by atoms with Crippen molar-refractivity contribution in [1.29, 1.82) is 0 Å². The van der Waals surface area contributed by atoms with Crippen LogP contribution < -0.4 is 10.6 Å². The van der Waals surface area contributed by atoms with Crippen LogP contribution in [-0.4, -0.2) is 22.9 Å². The van der Waals surface area contributed by atoms with Gasteiger partial charge in [-0.25, -0.2) is 4.39 Å². The molecule has 6 heteroatoms. The summed E-state index contributed by atoms with van der Waals surface area (Å²) >= 11 is 0. The van der Waals surface area contributed by atoms with Gasteiger partial charge in [0.2, 0.25) is 11.8 Å². The number of carbonyl (C=O) groups excluding carboxylic acids is 2. The number of nitrogens with one attached hydrogen (secondary N) is 2. The molecule has 2 amide bonds. The minimum atomic E-state index is -0.388. The molecule has 0 unspecified atom stereocenters. The molecule has 0 saturated heterocycles. The van der Waals surface area contributed by atoms with Crippen LogP contribution in [0.15, 0.2) is 54.7 Å². The summed E-state index contributed by atoms with van der Waals surface area (Å²) < 4.78 is 15.3. The maximum absolute atomic E-state index is 13.1. The Morgan fingerprint density at radius 3 is 2.70 bits per heavy atom. The Kier molecular flexibility index (Phi) is 5.86. The lowest BCUT2D eigenvalue weighted by Crippen LogP contribution is -2.33. The number of aromatic nitrogens is 1. The number of nitrogens with zero attached hydrogens (tertiary/aromatic N) is 1. The van der Waals surface area contributed by atoms with Gasteiger partial charge < -0.3 is 15.2 Å². The minimum absolute atomic E-state index is 0.0297. The van der Waals surface area contributed by atoms with Gasteiger partial charge in [-0.1, -0.05) is 19.1 Å². The second-order valence-electron chi connectivity index (χ2n) is 6.41. The summed E-state index contributed by atoms with van der Waals surface area (Å²) in [6.07, 6.45) is 3.12. The first-order chi connectivity index (χ1) is 13.0. The van der Waals surface area contributed by atoms with E-state index in [1.54, 1.807) is 12.1 Å². The van der Waals surface area contributed by atoms with Crippen molar-refractivity contribution in [3.63, 3.8) is 0 Å². The van der Waals surface area contributed by atoms with E-state index in [-0.39, 0.29) is 30.6 Å². The van der Waals surface area contributed by atoms with Crippen molar-refractivity contribution < 1.29 is 14.0 Å². The van der Waals surface area contributed by atoms with Gasteiger partial charge in [0.05, 0.1) is 13.0 Å². The topological polar surface area (TPSA) is 63.1 Å². The second-order valence-corrected chi connectivity index (χ2v) is 6.41. The third-order valence-electron chi connectivity index (χ3n) is 4.22. The molecule has 0 aliphatic rings. The highest BCUT2D eigenvalue weighted by atomic mass is 19.1. The average molecular weight is 367 g/mol. The second kappa shape index (κ2) is 8.49. The molecule has 0 bridgehead atoms. The highest BCUT2D eigenvalue weighted by Gasteiger charge is 2.09. The van der Waals surface area contributed by atoms with Gasteiger partial charge in [0.25, 0.3) is 0 Å². The average Bonchev–Trinajstić information content (AvgIpc) is 3.03. The van der Waals surface area contributed by atoms with E-state index >= 15 is 0 Å². The molecule has 0 spiro atoms. The van der Waals surface area contributed by atoms with Crippen molar-refractivity contribution in [2.75, 3.05) is 11.9 Å². The van der Waals surface area contributed by atoms with E-state index in [0.29, 0.717) is 11.3 Å². The van der Waals surface area contributed by atoms with Crippen molar-refractivity contribution in [3.8, 4) is 0 Å². The minimum Gasteiger partial charge on any atom is -0.347 e. The van der Waals surface area contributed by atoms with Crippen molar-refractivity contribution in [2.24, 2.45) is 0 Å². The zero-order chi connectivity index (χ0) is 19.2. The van der Waals surface area contributed by atoms with Crippen LogP contribution in [-0.2, 0) is 22.6 Å². The Balaban J connectivity index is 1.53. The van der Waals surface area contributed by atoms with E-state index in [1.165, 1.54) is 12.1 Å². The highest BCUT2D eigenvalue weighted by Crippen LogP contribution is 2.20. The van der Waals surface area contributed by atoms with Gasteiger partial charge in [-0.2, -0.15) is 0 Å². The summed E-state index contributed by atoms with van der Waals surface area (Å²) in [5.74, 6) is -1.03. The monoisotopic (exact) mass is 367 g/mol. The third kappa shape index (κ3) is 4.94. The maximum Gasteiger partial charge on any atom is 0.243 e. The van der Waals surface area contributed by atoms with Gasteiger partial charge in [-0.15, -0.1) is 0 Å². The van der Waals surface area contributed by atoms with Gasteiger partial charge in [-0.3, -0.25) is 9.59 Å². The largest absolute Gasteiger partial charge is 0.347 e. The number of aryl methyl sites for hydroxylation is 1. The van der Waals surface area contributed by atoms with Crippen LogP contribution >= 0.6 is 0 Å². The number of amides is 2. The lowest BCUT2D eigenvalue weighted by atomic mass is 10.1. The molecule has 2 aromatic carbocycles. The predicted molar refractivity (Wildman–Crippen MR) is 104 cm³/mol. The maximum atomic E-state index is 13.1. The zero-order valence-corrected chi connectivity index (χ0v) is 15.2. The van der Waals surface area contributed by atoms with Crippen LogP contribution in [0, 0.1) is 5.82 Å². The smallest absolute Gasteiger partial charge is 0.243 e. The summed E-state index contributed by atoms with van der Waals surface area (Å²) in [6.45, 7) is 2.94. The first kappa shape index (κ1) is 18.6. The first-order valence-electron chi connectivity index (χ1n) is 8.95. The van der Waals surface area contributed by atoms with Crippen molar-refractivity contribution >= 4 is 28.4 Å². The Morgan fingerprint density at radius 1 is 1.07 bits per heavy atom.